The Hall–Kier alpha value is -4.01. The van der Waals surface area contributed by atoms with Gasteiger partial charge in [0.25, 0.3) is 0 Å². The van der Waals surface area contributed by atoms with Gasteiger partial charge in [-0.25, -0.2) is 9.59 Å². The van der Waals surface area contributed by atoms with Crippen LogP contribution in [0.4, 0.5) is 4.79 Å². The first-order valence-electron chi connectivity index (χ1n) is 9.70. The van der Waals surface area contributed by atoms with Crippen LogP contribution in [-0.4, -0.2) is 31.3 Å². The molecule has 0 radical (unpaired) electrons. The summed E-state index contributed by atoms with van der Waals surface area (Å²) in [6.07, 6.45) is 0.439. The highest BCUT2D eigenvalue weighted by atomic mass is 16.6. The molecule has 0 saturated carbocycles. The number of nitrogens with one attached hydrogen (secondary N) is 1. The smallest absolute Gasteiger partial charge is 0.408 e. The Balaban J connectivity index is 1.70. The first-order chi connectivity index (χ1) is 15.2. The van der Waals surface area contributed by atoms with E-state index in [9.17, 15) is 14.4 Å². The third-order valence-corrected chi connectivity index (χ3v) is 4.01. The van der Waals surface area contributed by atoms with Crippen molar-refractivity contribution in [3.05, 3.63) is 59.0 Å². The molecule has 9 nitrogen and oxygen atoms in total. The summed E-state index contributed by atoms with van der Waals surface area (Å²) in [7, 11) is 1.50. The standard InChI is InChI=1S/C23H23NO8/c1-23(2,3)32-22(27)24-12-20(25)30-14-9-10-15-18(11-14)29-13-19(21(15)26)31-17-8-6-5-7-16(17)28-4/h5-11,13H,12H2,1-4H3,(H,24,27). The molecule has 1 heterocycles. The second-order valence-corrected chi connectivity index (χ2v) is 7.67. The number of amides is 1. The maximum Gasteiger partial charge on any atom is 0.408 e. The minimum absolute atomic E-state index is 0.0201. The number of para-hydroxylation sites is 2. The van der Waals surface area contributed by atoms with Crippen LogP contribution in [0.3, 0.4) is 0 Å². The van der Waals surface area contributed by atoms with E-state index in [1.807, 2.05) is 0 Å². The summed E-state index contributed by atoms with van der Waals surface area (Å²) in [6, 6.07) is 11.2. The highest BCUT2D eigenvalue weighted by Gasteiger charge is 2.18. The van der Waals surface area contributed by atoms with E-state index in [0.717, 1.165) is 0 Å². The van der Waals surface area contributed by atoms with Crippen molar-refractivity contribution >= 4 is 23.0 Å². The summed E-state index contributed by atoms with van der Waals surface area (Å²) >= 11 is 0. The highest BCUT2D eigenvalue weighted by molar-refractivity contribution is 5.82. The van der Waals surface area contributed by atoms with Crippen molar-refractivity contribution in [3.8, 4) is 23.0 Å². The highest BCUT2D eigenvalue weighted by Crippen LogP contribution is 2.30. The molecule has 0 saturated heterocycles. The van der Waals surface area contributed by atoms with E-state index in [0.29, 0.717) is 11.5 Å². The van der Waals surface area contributed by atoms with Gasteiger partial charge in [0.15, 0.2) is 11.5 Å². The molecule has 1 N–H and O–H groups in total. The number of alkyl carbamates (subject to hydrolysis) is 1. The first-order valence-corrected chi connectivity index (χ1v) is 9.70. The molecule has 32 heavy (non-hydrogen) atoms. The normalized spacial score (nSPS) is 11.0. The summed E-state index contributed by atoms with van der Waals surface area (Å²) in [5, 5.41) is 2.55. The summed E-state index contributed by atoms with van der Waals surface area (Å²) in [4.78, 5) is 36.4. The van der Waals surface area contributed by atoms with Crippen LogP contribution in [0.1, 0.15) is 20.8 Å². The van der Waals surface area contributed by atoms with E-state index in [1.54, 1.807) is 45.0 Å². The number of carbonyl (C=O) groups is 2. The van der Waals surface area contributed by atoms with Crippen molar-refractivity contribution in [2.45, 2.75) is 26.4 Å². The fraction of sp³-hybridized carbons (Fsp3) is 0.261. The number of rotatable bonds is 6. The molecule has 2 aromatic carbocycles. The molecule has 1 aromatic heterocycles. The maximum absolute atomic E-state index is 12.8. The molecule has 9 heteroatoms. The number of carbonyl (C=O) groups excluding carboxylic acids is 2. The van der Waals surface area contributed by atoms with Gasteiger partial charge in [0.1, 0.15) is 29.7 Å². The van der Waals surface area contributed by atoms with Gasteiger partial charge in [-0.05, 0) is 45.0 Å². The fourth-order valence-corrected chi connectivity index (χ4v) is 2.67. The number of esters is 1. The van der Waals surface area contributed by atoms with Gasteiger partial charge in [0.05, 0.1) is 12.5 Å². The zero-order valence-electron chi connectivity index (χ0n) is 18.1. The summed E-state index contributed by atoms with van der Waals surface area (Å²) < 4.78 is 26.6. The summed E-state index contributed by atoms with van der Waals surface area (Å²) in [5.74, 6) is 0.246. The fourth-order valence-electron chi connectivity index (χ4n) is 2.67. The number of hydrogen-bond acceptors (Lipinski definition) is 8. The van der Waals surface area contributed by atoms with E-state index in [-0.39, 0.29) is 29.0 Å². The monoisotopic (exact) mass is 441 g/mol. The van der Waals surface area contributed by atoms with Crippen molar-refractivity contribution < 1.29 is 33.0 Å². The zero-order valence-corrected chi connectivity index (χ0v) is 18.1. The quantitative estimate of drug-likeness (QED) is 0.451. The van der Waals surface area contributed by atoms with Crippen molar-refractivity contribution in [1.82, 2.24) is 5.32 Å². The lowest BCUT2D eigenvalue weighted by molar-refractivity contribution is -0.133. The molecule has 0 bridgehead atoms. The Morgan fingerprint density at radius 3 is 2.44 bits per heavy atom. The molecular weight excluding hydrogens is 418 g/mol. The third kappa shape index (κ3) is 5.78. The van der Waals surface area contributed by atoms with Crippen LogP contribution in [0.2, 0.25) is 0 Å². The number of ether oxygens (including phenoxy) is 4. The molecule has 0 aliphatic carbocycles. The molecular formula is C23H23NO8. The Labute approximate surface area is 183 Å². The van der Waals surface area contributed by atoms with Gasteiger partial charge in [0, 0.05) is 6.07 Å². The molecule has 0 spiro atoms. The van der Waals surface area contributed by atoms with E-state index in [2.05, 4.69) is 5.32 Å². The topological polar surface area (TPSA) is 113 Å². The molecule has 0 aliphatic rings. The van der Waals surface area contributed by atoms with Crippen LogP contribution in [0.5, 0.6) is 23.0 Å². The Kier molecular flexibility index (Phi) is 6.67. The lowest BCUT2D eigenvalue weighted by Gasteiger charge is -2.19. The minimum atomic E-state index is -0.735. The predicted molar refractivity (Wildman–Crippen MR) is 115 cm³/mol. The molecule has 0 fully saturated rings. The van der Waals surface area contributed by atoms with E-state index in [1.165, 1.54) is 31.6 Å². The number of fused-ring (bicyclic) bond motifs is 1. The molecule has 0 atom stereocenters. The molecule has 3 rings (SSSR count). The van der Waals surface area contributed by atoms with Crippen molar-refractivity contribution in [2.24, 2.45) is 0 Å². The summed E-state index contributed by atoms with van der Waals surface area (Å²) in [6.45, 7) is 4.74. The van der Waals surface area contributed by atoms with E-state index >= 15 is 0 Å². The summed E-state index contributed by atoms with van der Waals surface area (Å²) in [5.41, 5.74) is -0.882. The Morgan fingerprint density at radius 1 is 1.03 bits per heavy atom. The number of methoxy groups -OCH3 is 1. The van der Waals surface area contributed by atoms with Gasteiger partial charge in [-0.15, -0.1) is 0 Å². The SMILES string of the molecule is COc1ccccc1Oc1coc2cc(OC(=O)CNC(=O)OC(C)(C)C)ccc2c1=O. The number of benzene rings is 2. The molecule has 3 aromatic rings. The van der Waals surface area contributed by atoms with E-state index < -0.39 is 23.1 Å². The van der Waals surface area contributed by atoms with Crippen LogP contribution in [0.15, 0.2) is 57.9 Å². The Morgan fingerprint density at radius 2 is 1.75 bits per heavy atom. The second kappa shape index (κ2) is 9.42. The number of hydrogen-bond donors (Lipinski definition) is 1. The van der Waals surface area contributed by atoms with Crippen LogP contribution in [0.25, 0.3) is 11.0 Å². The average molecular weight is 441 g/mol. The molecule has 168 valence electrons. The maximum atomic E-state index is 12.8. The van der Waals surface area contributed by atoms with Crippen molar-refractivity contribution in [1.29, 1.82) is 0 Å². The third-order valence-electron chi connectivity index (χ3n) is 4.01. The van der Waals surface area contributed by atoms with Crippen LogP contribution in [-0.2, 0) is 9.53 Å². The molecule has 0 aliphatic heterocycles. The average Bonchev–Trinajstić information content (AvgIpc) is 2.73. The van der Waals surface area contributed by atoms with Gasteiger partial charge in [0.2, 0.25) is 11.2 Å². The van der Waals surface area contributed by atoms with Gasteiger partial charge in [-0.3, -0.25) is 4.79 Å². The van der Waals surface area contributed by atoms with Crippen molar-refractivity contribution in [2.75, 3.05) is 13.7 Å². The van der Waals surface area contributed by atoms with Crippen molar-refractivity contribution in [3.63, 3.8) is 0 Å². The lowest BCUT2D eigenvalue weighted by Crippen LogP contribution is -2.36. The predicted octanol–water partition coefficient (Wildman–Crippen LogP) is 4.02. The van der Waals surface area contributed by atoms with Crippen LogP contribution in [0, 0.1) is 0 Å². The van der Waals surface area contributed by atoms with Gasteiger partial charge >= 0.3 is 12.1 Å². The largest absolute Gasteiger partial charge is 0.493 e. The Bertz CT molecular complexity index is 1190. The van der Waals surface area contributed by atoms with Crippen LogP contribution < -0.4 is 25.0 Å². The van der Waals surface area contributed by atoms with E-state index in [4.69, 9.17) is 23.4 Å². The molecule has 1 amide bonds. The first kappa shape index (κ1) is 22.7. The molecule has 0 unspecified atom stereocenters. The van der Waals surface area contributed by atoms with Gasteiger partial charge in [-0.2, -0.15) is 0 Å². The van der Waals surface area contributed by atoms with Gasteiger partial charge in [-0.1, -0.05) is 12.1 Å². The zero-order chi connectivity index (χ0) is 23.3. The van der Waals surface area contributed by atoms with Gasteiger partial charge < -0.3 is 28.7 Å². The minimum Gasteiger partial charge on any atom is -0.493 e. The second-order valence-electron chi connectivity index (χ2n) is 7.67. The van der Waals surface area contributed by atoms with Crippen LogP contribution >= 0.6 is 0 Å². The lowest BCUT2D eigenvalue weighted by atomic mass is 10.2.